The Hall–Kier alpha value is -1.59. The van der Waals surface area contributed by atoms with Crippen molar-refractivity contribution in [3.05, 3.63) is 23.8 Å². The first-order valence-corrected chi connectivity index (χ1v) is 5.88. The molecule has 1 saturated heterocycles. The molecule has 98 valence electrons. The molecule has 1 atom stereocenters. The van der Waals surface area contributed by atoms with E-state index in [-0.39, 0.29) is 12.0 Å². The summed E-state index contributed by atoms with van der Waals surface area (Å²) in [6.07, 6.45) is 0. The molecule has 0 radical (unpaired) electrons. The van der Waals surface area contributed by atoms with Gasteiger partial charge >= 0.3 is 5.97 Å². The van der Waals surface area contributed by atoms with E-state index in [9.17, 15) is 4.79 Å². The standard InChI is InChI=1S/C13H17NO4/c1-9(15)18-12-4-3-10(7-13(12)16-2)11-8-17-6-5-14-11/h3-4,7,11,14H,5-6,8H2,1-2H3/t11-/m0/s1. The lowest BCUT2D eigenvalue weighted by Crippen LogP contribution is -2.34. The number of nitrogens with one attached hydrogen (secondary N) is 1. The summed E-state index contributed by atoms with van der Waals surface area (Å²) in [5.74, 6) is 0.626. The van der Waals surface area contributed by atoms with Crippen molar-refractivity contribution >= 4 is 5.97 Å². The Balaban J connectivity index is 2.20. The molecule has 0 bridgehead atoms. The maximum absolute atomic E-state index is 11.0. The summed E-state index contributed by atoms with van der Waals surface area (Å²) in [6, 6.07) is 5.67. The molecule has 18 heavy (non-hydrogen) atoms. The van der Waals surface area contributed by atoms with E-state index in [4.69, 9.17) is 14.2 Å². The van der Waals surface area contributed by atoms with Crippen LogP contribution in [-0.2, 0) is 9.53 Å². The summed E-state index contributed by atoms with van der Waals surface area (Å²) in [6.45, 7) is 3.57. The molecule has 1 aromatic rings. The fraction of sp³-hybridized carbons (Fsp3) is 0.462. The van der Waals surface area contributed by atoms with Gasteiger partial charge in [-0.05, 0) is 17.7 Å². The molecular weight excluding hydrogens is 234 g/mol. The Morgan fingerprint density at radius 3 is 2.89 bits per heavy atom. The fourth-order valence-corrected chi connectivity index (χ4v) is 1.92. The van der Waals surface area contributed by atoms with E-state index in [1.807, 2.05) is 12.1 Å². The van der Waals surface area contributed by atoms with Crippen LogP contribution in [-0.4, -0.2) is 32.8 Å². The van der Waals surface area contributed by atoms with Crippen LogP contribution >= 0.6 is 0 Å². The van der Waals surface area contributed by atoms with Crippen LogP contribution in [0, 0.1) is 0 Å². The molecule has 1 aliphatic heterocycles. The van der Waals surface area contributed by atoms with Gasteiger partial charge in [0.15, 0.2) is 11.5 Å². The molecule has 1 heterocycles. The number of morpholine rings is 1. The van der Waals surface area contributed by atoms with Crippen LogP contribution < -0.4 is 14.8 Å². The van der Waals surface area contributed by atoms with Gasteiger partial charge in [-0.25, -0.2) is 0 Å². The zero-order valence-electron chi connectivity index (χ0n) is 10.6. The molecule has 1 aromatic carbocycles. The van der Waals surface area contributed by atoms with Gasteiger partial charge in [0, 0.05) is 13.5 Å². The smallest absolute Gasteiger partial charge is 0.308 e. The third-order valence-corrected chi connectivity index (χ3v) is 2.77. The highest BCUT2D eigenvalue weighted by Gasteiger charge is 2.17. The average Bonchev–Trinajstić information content (AvgIpc) is 2.39. The summed E-state index contributed by atoms with van der Waals surface area (Å²) in [5.41, 5.74) is 1.06. The summed E-state index contributed by atoms with van der Waals surface area (Å²) in [7, 11) is 1.55. The highest BCUT2D eigenvalue weighted by atomic mass is 16.6. The SMILES string of the molecule is COc1cc([C@@H]2COCCN2)ccc1OC(C)=O. The van der Waals surface area contributed by atoms with Gasteiger partial charge in [-0.15, -0.1) is 0 Å². The summed E-state index contributed by atoms with van der Waals surface area (Å²) in [5, 5.41) is 3.36. The Labute approximate surface area is 106 Å². The van der Waals surface area contributed by atoms with Crippen molar-refractivity contribution < 1.29 is 19.0 Å². The van der Waals surface area contributed by atoms with Crippen LogP contribution in [0.1, 0.15) is 18.5 Å². The first-order valence-electron chi connectivity index (χ1n) is 5.88. The van der Waals surface area contributed by atoms with E-state index in [1.54, 1.807) is 13.2 Å². The number of carbonyl (C=O) groups is 1. The topological polar surface area (TPSA) is 56.8 Å². The van der Waals surface area contributed by atoms with Crippen LogP contribution in [0.5, 0.6) is 11.5 Å². The predicted octanol–water partition coefficient (Wildman–Crippen LogP) is 1.28. The van der Waals surface area contributed by atoms with Crippen molar-refractivity contribution in [2.45, 2.75) is 13.0 Å². The van der Waals surface area contributed by atoms with Gasteiger partial charge in [0.2, 0.25) is 0 Å². The molecule has 0 spiro atoms. The van der Waals surface area contributed by atoms with Gasteiger partial charge in [0.1, 0.15) is 0 Å². The van der Waals surface area contributed by atoms with E-state index in [0.29, 0.717) is 18.1 Å². The average molecular weight is 251 g/mol. The highest BCUT2D eigenvalue weighted by molar-refractivity contribution is 5.70. The summed E-state index contributed by atoms with van der Waals surface area (Å²) >= 11 is 0. The van der Waals surface area contributed by atoms with Crippen molar-refractivity contribution in [3.63, 3.8) is 0 Å². The molecule has 1 aliphatic rings. The van der Waals surface area contributed by atoms with E-state index in [2.05, 4.69) is 5.32 Å². The zero-order chi connectivity index (χ0) is 13.0. The molecule has 0 saturated carbocycles. The molecule has 1 fully saturated rings. The van der Waals surface area contributed by atoms with Crippen molar-refractivity contribution in [2.75, 3.05) is 26.9 Å². The molecule has 5 heteroatoms. The Kier molecular flexibility index (Phi) is 4.17. The van der Waals surface area contributed by atoms with Gasteiger partial charge in [0.25, 0.3) is 0 Å². The van der Waals surface area contributed by atoms with Crippen molar-refractivity contribution in [1.29, 1.82) is 0 Å². The van der Waals surface area contributed by atoms with Crippen LogP contribution in [0.3, 0.4) is 0 Å². The predicted molar refractivity (Wildman–Crippen MR) is 65.9 cm³/mol. The van der Waals surface area contributed by atoms with E-state index < -0.39 is 0 Å². The van der Waals surface area contributed by atoms with Crippen molar-refractivity contribution in [2.24, 2.45) is 0 Å². The van der Waals surface area contributed by atoms with Crippen molar-refractivity contribution in [3.8, 4) is 11.5 Å². The number of carbonyl (C=O) groups excluding carboxylic acids is 1. The Morgan fingerprint density at radius 2 is 2.28 bits per heavy atom. The normalized spacial score (nSPS) is 19.3. The number of rotatable bonds is 3. The second kappa shape index (κ2) is 5.84. The number of benzene rings is 1. The first-order chi connectivity index (χ1) is 8.70. The third-order valence-electron chi connectivity index (χ3n) is 2.77. The fourth-order valence-electron chi connectivity index (χ4n) is 1.92. The third kappa shape index (κ3) is 3.00. The lowest BCUT2D eigenvalue weighted by atomic mass is 10.1. The molecule has 0 unspecified atom stereocenters. The molecule has 1 N–H and O–H groups in total. The number of ether oxygens (including phenoxy) is 3. The number of hydrogen-bond donors (Lipinski definition) is 1. The number of hydrogen-bond acceptors (Lipinski definition) is 5. The van der Waals surface area contributed by atoms with Crippen LogP contribution in [0.15, 0.2) is 18.2 Å². The van der Waals surface area contributed by atoms with E-state index in [0.717, 1.165) is 18.7 Å². The van der Waals surface area contributed by atoms with Gasteiger partial charge in [-0.3, -0.25) is 4.79 Å². The van der Waals surface area contributed by atoms with Gasteiger partial charge in [0.05, 0.1) is 26.4 Å². The minimum absolute atomic E-state index is 0.152. The van der Waals surface area contributed by atoms with Gasteiger partial charge < -0.3 is 19.5 Å². The second-order valence-corrected chi connectivity index (χ2v) is 4.09. The first kappa shape index (κ1) is 12.9. The zero-order valence-corrected chi connectivity index (χ0v) is 10.6. The van der Waals surface area contributed by atoms with Crippen LogP contribution in [0.2, 0.25) is 0 Å². The molecular formula is C13H17NO4. The quantitative estimate of drug-likeness (QED) is 0.648. The van der Waals surface area contributed by atoms with E-state index >= 15 is 0 Å². The molecule has 5 nitrogen and oxygen atoms in total. The Bertz CT molecular complexity index is 427. The molecule has 2 rings (SSSR count). The lowest BCUT2D eigenvalue weighted by Gasteiger charge is -2.24. The van der Waals surface area contributed by atoms with E-state index in [1.165, 1.54) is 6.92 Å². The second-order valence-electron chi connectivity index (χ2n) is 4.09. The molecule has 0 aliphatic carbocycles. The van der Waals surface area contributed by atoms with Gasteiger partial charge in [-0.2, -0.15) is 0 Å². The minimum atomic E-state index is -0.361. The Morgan fingerprint density at radius 1 is 1.44 bits per heavy atom. The van der Waals surface area contributed by atoms with Crippen molar-refractivity contribution in [1.82, 2.24) is 5.32 Å². The maximum atomic E-state index is 11.0. The monoisotopic (exact) mass is 251 g/mol. The van der Waals surface area contributed by atoms with Crippen LogP contribution in [0.25, 0.3) is 0 Å². The minimum Gasteiger partial charge on any atom is -0.493 e. The van der Waals surface area contributed by atoms with Crippen LogP contribution in [0.4, 0.5) is 0 Å². The molecule has 0 aromatic heterocycles. The molecule has 0 amide bonds. The summed E-state index contributed by atoms with van der Waals surface area (Å²) < 4.78 is 15.7. The highest BCUT2D eigenvalue weighted by Crippen LogP contribution is 2.30. The summed E-state index contributed by atoms with van der Waals surface area (Å²) in [4.78, 5) is 11.0. The lowest BCUT2D eigenvalue weighted by molar-refractivity contribution is -0.132. The maximum Gasteiger partial charge on any atom is 0.308 e. The number of methoxy groups -OCH3 is 1. The number of esters is 1. The van der Waals surface area contributed by atoms with Gasteiger partial charge in [-0.1, -0.05) is 6.07 Å². The largest absolute Gasteiger partial charge is 0.493 e.